The van der Waals surface area contributed by atoms with Crippen molar-refractivity contribution in [2.75, 3.05) is 5.73 Å². The summed E-state index contributed by atoms with van der Waals surface area (Å²) in [6, 6.07) is 6.45. The lowest BCUT2D eigenvalue weighted by Crippen LogP contribution is -1.94. The summed E-state index contributed by atoms with van der Waals surface area (Å²) in [5, 5.41) is 0. The highest BCUT2D eigenvalue weighted by Crippen LogP contribution is 2.38. The van der Waals surface area contributed by atoms with Crippen LogP contribution >= 0.6 is 0 Å². The van der Waals surface area contributed by atoms with Gasteiger partial charge < -0.3 is 10.1 Å². The summed E-state index contributed by atoms with van der Waals surface area (Å²) in [5.74, 6) is 0. The number of nitrogens with zero attached hydrogens (tertiary/aromatic N) is 3. The maximum atomic E-state index is 6.11. The lowest BCUT2D eigenvalue weighted by atomic mass is 9.94. The molecule has 4 heteroatoms. The second kappa shape index (κ2) is 5.06. The summed E-state index contributed by atoms with van der Waals surface area (Å²) in [4.78, 5) is 9.16. The molecule has 0 spiro atoms. The molecule has 1 aromatic carbocycles. The number of benzene rings is 1. The fourth-order valence-electron chi connectivity index (χ4n) is 3.68. The zero-order valence-corrected chi connectivity index (χ0v) is 14.4. The minimum absolute atomic E-state index is 0.711. The van der Waals surface area contributed by atoms with Gasteiger partial charge in [-0.1, -0.05) is 17.7 Å². The van der Waals surface area contributed by atoms with Crippen LogP contribution in [0.1, 0.15) is 22.4 Å². The van der Waals surface area contributed by atoms with Crippen LogP contribution in [0.25, 0.3) is 27.7 Å². The number of nitrogens with two attached hydrogens (primary N) is 1. The molecular formula is C20H20N4. The number of fused-ring (bicyclic) bond motifs is 3. The van der Waals surface area contributed by atoms with E-state index < -0.39 is 0 Å². The first kappa shape index (κ1) is 14.7. The highest BCUT2D eigenvalue weighted by atomic mass is 14.9. The predicted octanol–water partition coefficient (Wildman–Crippen LogP) is 4.37. The van der Waals surface area contributed by atoms with Crippen molar-refractivity contribution in [3.63, 3.8) is 0 Å². The fourth-order valence-corrected chi connectivity index (χ4v) is 3.68. The SMILES string of the molecule is Cc1cc(C)c(-c2c3nc(C)c(N)cc3n3ccncc23)c(C)c1. The molecule has 0 bridgehead atoms. The second-order valence-corrected chi connectivity index (χ2v) is 6.51. The lowest BCUT2D eigenvalue weighted by Gasteiger charge is -2.11. The van der Waals surface area contributed by atoms with Crippen molar-refractivity contribution in [3.05, 3.63) is 59.2 Å². The van der Waals surface area contributed by atoms with E-state index in [1.807, 2.05) is 25.4 Å². The molecule has 0 saturated heterocycles. The average Bonchev–Trinajstić information content (AvgIpc) is 2.81. The van der Waals surface area contributed by atoms with Gasteiger partial charge in [0.2, 0.25) is 0 Å². The minimum atomic E-state index is 0.711. The Hall–Kier alpha value is -2.88. The summed E-state index contributed by atoms with van der Waals surface area (Å²) < 4.78 is 2.12. The van der Waals surface area contributed by atoms with E-state index in [9.17, 15) is 0 Å². The molecule has 24 heavy (non-hydrogen) atoms. The summed E-state index contributed by atoms with van der Waals surface area (Å²) in [7, 11) is 0. The first-order valence-electron chi connectivity index (χ1n) is 8.06. The Morgan fingerprint density at radius 2 is 1.62 bits per heavy atom. The number of pyridine rings is 1. The van der Waals surface area contributed by atoms with Gasteiger partial charge in [-0.2, -0.15) is 0 Å². The van der Waals surface area contributed by atoms with E-state index in [1.165, 1.54) is 22.3 Å². The van der Waals surface area contributed by atoms with Gasteiger partial charge in [0, 0.05) is 18.0 Å². The molecule has 0 aliphatic rings. The van der Waals surface area contributed by atoms with Gasteiger partial charge in [0.15, 0.2) is 0 Å². The first-order valence-corrected chi connectivity index (χ1v) is 8.06. The zero-order chi connectivity index (χ0) is 17.0. The third kappa shape index (κ3) is 1.99. The van der Waals surface area contributed by atoms with Crippen LogP contribution in [0, 0.1) is 27.7 Å². The summed E-state index contributed by atoms with van der Waals surface area (Å²) in [6.07, 6.45) is 5.67. The van der Waals surface area contributed by atoms with Crippen LogP contribution in [-0.4, -0.2) is 14.4 Å². The standard InChI is InChI=1S/C20H20N4/c1-11-7-12(2)18(13(3)8-11)19-17-10-22-5-6-24(17)16-9-15(21)14(4)23-20(16)19/h5-10H,21H2,1-4H3. The second-order valence-electron chi connectivity index (χ2n) is 6.51. The van der Waals surface area contributed by atoms with Gasteiger partial charge in [0.05, 0.1) is 34.1 Å². The Morgan fingerprint density at radius 3 is 2.33 bits per heavy atom. The molecule has 0 saturated carbocycles. The van der Waals surface area contributed by atoms with Crippen LogP contribution in [0.4, 0.5) is 5.69 Å². The van der Waals surface area contributed by atoms with Crippen molar-refractivity contribution in [2.24, 2.45) is 0 Å². The van der Waals surface area contributed by atoms with Crippen molar-refractivity contribution in [2.45, 2.75) is 27.7 Å². The Morgan fingerprint density at radius 1 is 0.917 bits per heavy atom. The zero-order valence-electron chi connectivity index (χ0n) is 14.4. The molecule has 0 unspecified atom stereocenters. The Kier molecular flexibility index (Phi) is 3.10. The quantitative estimate of drug-likeness (QED) is 0.567. The number of anilines is 1. The van der Waals surface area contributed by atoms with Crippen molar-refractivity contribution in [1.82, 2.24) is 14.4 Å². The van der Waals surface area contributed by atoms with Crippen molar-refractivity contribution in [3.8, 4) is 11.1 Å². The molecule has 0 radical (unpaired) electrons. The number of aryl methyl sites for hydroxylation is 4. The van der Waals surface area contributed by atoms with Gasteiger partial charge in [0.25, 0.3) is 0 Å². The molecule has 2 N–H and O–H groups in total. The van der Waals surface area contributed by atoms with Crippen LogP contribution in [0.2, 0.25) is 0 Å². The van der Waals surface area contributed by atoms with E-state index in [1.54, 1.807) is 6.20 Å². The molecule has 0 amide bonds. The van der Waals surface area contributed by atoms with Crippen LogP contribution < -0.4 is 5.73 Å². The van der Waals surface area contributed by atoms with Crippen LogP contribution in [0.15, 0.2) is 36.8 Å². The van der Waals surface area contributed by atoms with Gasteiger partial charge in [-0.25, -0.2) is 4.98 Å². The third-order valence-electron chi connectivity index (χ3n) is 4.67. The third-order valence-corrected chi connectivity index (χ3v) is 4.67. The van der Waals surface area contributed by atoms with E-state index >= 15 is 0 Å². The number of hydrogen-bond donors (Lipinski definition) is 1. The first-order chi connectivity index (χ1) is 11.5. The van der Waals surface area contributed by atoms with Gasteiger partial charge in [-0.3, -0.25) is 4.98 Å². The van der Waals surface area contributed by atoms with Gasteiger partial charge in [0.1, 0.15) is 0 Å². The van der Waals surface area contributed by atoms with E-state index in [0.29, 0.717) is 5.69 Å². The van der Waals surface area contributed by atoms with E-state index in [-0.39, 0.29) is 0 Å². The monoisotopic (exact) mass is 316 g/mol. The van der Waals surface area contributed by atoms with Crippen molar-refractivity contribution in [1.29, 1.82) is 0 Å². The molecule has 3 aromatic heterocycles. The molecule has 0 aliphatic carbocycles. The van der Waals surface area contributed by atoms with E-state index in [4.69, 9.17) is 10.7 Å². The molecule has 4 aromatic rings. The highest BCUT2D eigenvalue weighted by Gasteiger charge is 2.19. The number of hydrogen-bond acceptors (Lipinski definition) is 3. The van der Waals surface area contributed by atoms with E-state index in [2.05, 4.69) is 42.3 Å². The number of aromatic nitrogens is 3. The topological polar surface area (TPSA) is 56.2 Å². The van der Waals surface area contributed by atoms with Crippen LogP contribution in [0.3, 0.4) is 0 Å². The van der Waals surface area contributed by atoms with E-state index in [0.717, 1.165) is 27.8 Å². The fraction of sp³-hybridized carbons (Fsp3) is 0.200. The molecule has 3 heterocycles. The smallest absolute Gasteiger partial charge is 0.0975 e. The molecule has 4 nitrogen and oxygen atoms in total. The van der Waals surface area contributed by atoms with Crippen LogP contribution in [-0.2, 0) is 0 Å². The highest BCUT2D eigenvalue weighted by molar-refractivity contribution is 6.05. The lowest BCUT2D eigenvalue weighted by molar-refractivity contribution is 1.17. The van der Waals surface area contributed by atoms with Crippen LogP contribution in [0.5, 0.6) is 0 Å². The van der Waals surface area contributed by atoms with Gasteiger partial charge in [-0.15, -0.1) is 0 Å². The maximum Gasteiger partial charge on any atom is 0.0975 e. The van der Waals surface area contributed by atoms with Crippen molar-refractivity contribution < 1.29 is 0 Å². The van der Waals surface area contributed by atoms with Crippen molar-refractivity contribution >= 4 is 22.2 Å². The summed E-state index contributed by atoms with van der Waals surface area (Å²) in [6.45, 7) is 8.40. The largest absolute Gasteiger partial charge is 0.397 e. The van der Waals surface area contributed by atoms with Gasteiger partial charge >= 0.3 is 0 Å². The Bertz CT molecular complexity index is 1080. The summed E-state index contributed by atoms with van der Waals surface area (Å²) >= 11 is 0. The molecular weight excluding hydrogens is 296 g/mol. The number of nitrogen functional groups attached to an aromatic ring is 1. The maximum absolute atomic E-state index is 6.11. The molecule has 0 atom stereocenters. The molecule has 120 valence electrons. The molecule has 0 fully saturated rings. The number of rotatable bonds is 1. The molecule has 4 rings (SSSR count). The Balaban J connectivity index is 2.24. The molecule has 0 aliphatic heterocycles. The Labute approximate surface area is 141 Å². The average molecular weight is 316 g/mol. The van der Waals surface area contributed by atoms with Gasteiger partial charge in [-0.05, 0) is 50.5 Å². The normalized spacial score (nSPS) is 11.5. The summed E-state index contributed by atoms with van der Waals surface area (Å²) in [5.41, 5.74) is 16.9. The predicted molar refractivity (Wildman–Crippen MR) is 99.3 cm³/mol. The minimum Gasteiger partial charge on any atom is -0.397 e.